The van der Waals surface area contributed by atoms with Crippen LogP contribution in [0.1, 0.15) is 0 Å². The van der Waals surface area contributed by atoms with Crippen LogP contribution in [-0.2, 0) is 16.0 Å². The molecule has 1 unspecified atom stereocenters. The molecule has 1 heterocycles. The molecule has 0 aromatic heterocycles. The SMILES string of the molecule is O=C1C=C([S+]([O-])C(F)(F)F)C=C[N]1. The lowest BCUT2D eigenvalue weighted by Gasteiger charge is -2.13. The van der Waals surface area contributed by atoms with Crippen LogP contribution in [0.3, 0.4) is 0 Å². The molecule has 0 spiro atoms. The van der Waals surface area contributed by atoms with Crippen molar-refractivity contribution in [2.75, 3.05) is 0 Å². The van der Waals surface area contributed by atoms with Crippen LogP contribution in [-0.4, -0.2) is 16.0 Å². The minimum Gasteiger partial charge on any atom is -0.604 e. The highest BCUT2D eigenvalue weighted by molar-refractivity contribution is 7.96. The standard InChI is InChI=1S/C6H3F3NO2S/c7-6(8,9)13(12)4-1-2-10-5(11)3-4/h1-3H. The Bertz CT molecular complexity index is 284. The minimum atomic E-state index is -4.84. The first-order valence-electron chi connectivity index (χ1n) is 3.03. The number of nitrogens with zero attached hydrogens (tertiary/aromatic N) is 1. The van der Waals surface area contributed by atoms with Gasteiger partial charge in [-0.2, -0.15) is 0 Å². The Labute approximate surface area is 74.5 Å². The maximum atomic E-state index is 11.8. The Hall–Kier alpha value is -0.950. The Morgan fingerprint density at radius 3 is 2.54 bits per heavy atom. The third-order valence-corrected chi connectivity index (χ3v) is 2.23. The molecular weight excluding hydrogens is 207 g/mol. The van der Waals surface area contributed by atoms with Crippen LogP contribution in [0.15, 0.2) is 23.3 Å². The van der Waals surface area contributed by atoms with E-state index in [-0.39, 0.29) is 0 Å². The van der Waals surface area contributed by atoms with E-state index < -0.39 is 27.5 Å². The fourth-order valence-electron chi connectivity index (χ4n) is 0.640. The van der Waals surface area contributed by atoms with Gasteiger partial charge in [0.05, 0.1) is 17.3 Å². The van der Waals surface area contributed by atoms with Gasteiger partial charge in [0.1, 0.15) is 0 Å². The molecule has 1 amide bonds. The van der Waals surface area contributed by atoms with E-state index in [1.165, 1.54) is 0 Å². The third kappa shape index (κ3) is 2.49. The molecular formula is C6H3F3NO2S. The first-order chi connectivity index (χ1) is 5.91. The molecule has 0 fully saturated rings. The molecule has 0 aliphatic carbocycles. The summed E-state index contributed by atoms with van der Waals surface area (Å²) >= 11 is -3.15. The average Bonchev–Trinajstić information content (AvgIpc) is 2.01. The number of hydrogen-bond acceptors (Lipinski definition) is 2. The molecule has 71 valence electrons. The Morgan fingerprint density at radius 2 is 2.08 bits per heavy atom. The predicted octanol–water partition coefficient (Wildman–Crippen LogP) is 0.797. The van der Waals surface area contributed by atoms with Crippen molar-refractivity contribution in [2.45, 2.75) is 5.51 Å². The van der Waals surface area contributed by atoms with Gasteiger partial charge in [-0.05, 0) is 0 Å². The first-order valence-corrected chi connectivity index (χ1v) is 4.18. The number of hydrogen-bond donors (Lipinski definition) is 0. The van der Waals surface area contributed by atoms with Gasteiger partial charge in [-0.15, -0.1) is 13.2 Å². The second kappa shape index (κ2) is 3.43. The van der Waals surface area contributed by atoms with Gasteiger partial charge in [0, 0.05) is 12.3 Å². The number of rotatable bonds is 1. The summed E-state index contributed by atoms with van der Waals surface area (Å²) in [5, 5.41) is 3.15. The van der Waals surface area contributed by atoms with E-state index in [1.54, 1.807) is 0 Å². The van der Waals surface area contributed by atoms with Crippen LogP contribution < -0.4 is 5.32 Å². The van der Waals surface area contributed by atoms with Gasteiger partial charge in [-0.3, -0.25) is 4.79 Å². The van der Waals surface area contributed by atoms with E-state index in [2.05, 4.69) is 5.32 Å². The Balaban J connectivity index is 2.83. The van der Waals surface area contributed by atoms with Crippen LogP contribution >= 0.6 is 0 Å². The monoisotopic (exact) mass is 210 g/mol. The predicted molar refractivity (Wildman–Crippen MR) is 38.6 cm³/mol. The van der Waals surface area contributed by atoms with Crippen molar-refractivity contribution in [1.82, 2.24) is 5.32 Å². The normalized spacial score (nSPS) is 19.4. The zero-order chi connectivity index (χ0) is 10.1. The summed E-state index contributed by atoms with van der Waals surface area (Å²) in [5.74, 6) is -0.838. The van der Waals surface area contributed by atoms with Crippen molar-refractivity contribution >= 4 is 17.1 Å². The highest BCUT2D eigenvalue weighted by Crippen LogP contribution is 2.30. The van der Waals surface area contributed by atoms with Crippen LogP contribution in [0.2, 0.25) is 0 Å². The van der Waals surface area contributed by atoms with Gasteiger partial charge in [0.15, 0.2) is 4.91 Å². The highest BCUT2D eigenvalue weighted by Gasteiger charge is 2.47. The Kier molecular flexibility index (Phi) is 2.67. The first kappa shape index (κ1) is 10.1. The van der Waals surface area contributed by atoms with Gasteiger partial charge in [-0.25, -0.2) is 5.32 Å². The largest absolute Gasteiger partial charge is 0.604 e. The summed E-state index contributed by atoms with van der Waals surface area (Å²) in [6, 6.07) is 0. The summed E-state index contributed by atoms with van der Waals surface area (Å²) in [6.45, 7) is 0. The zero-order valence-electron chi connectivity index (χ0n) is 6.04. The fourth-order valence-corrected chi connectivity index (χ4v) is 1.30. The van der Waals surface area contributed by atoms with Crippen LogP contribution in [0, 0.1) is 0 Å². The lowest BCUT2D eigenvalue weighted by Crippen LogP contribution is -2.26. The number of carbonyl (C=O) groups excluding carboxylic acids is 1. The summed E-state index contributed by atoms with van der Waals surface area (Å²) in [6.07, 6.45) is 2.38. The summed E-state index contributed by atoms with van der Waals surface area (Å²) in [4.78, 5) is 9.93. The lowest BCUT2D eigenvalue weighted by molar-refractivity contribution is -0.115. The van der Waals surface area contributed by atoms with Crippen molar-refractivity contribution in [3.63, 3.8) is 0 Å². The summed E-state index contributed by atoms with van der Waals surface area (Å²) in [5.41, 5.74) is -4.84. The zero-order valence-corrected chi connectivity index (χ0v) is 6.85. The van der Waals surface area contributed by atoms with E-state index >= 15 is 0 Å². The van der Waals surface area contributed by atoms with E-state index in [4.69, 9.17) is 0 Å². The smallest absolute Gasteiger partial charge is 0.578 e. The van der Waals surface area contributed by atoms with Gasteiger partial charge in [-0.1, -0.05) is 0 Å². The molecule has 0 N–H and O–H groups in total. The molecule has 1 aliphatic rings. The van der Waals surface area contributed by atoms with Crippen molar-refractivity contribution in [1.29, 1.82) is 0 Å². The van der Waals surface area contributed by atoms with Gasteiger partial charge in [0.2, 0.25) is 0 Å². The van der Waals surface area contributed by atoms with Gasteiger partial charge in [0.25, 0.3) is 5.91 Å². The van der Waals surface area contributed by atoms with Gasteiger partial charge >= 0.3 is 5.51 Å². The molecule has 7 heteroatoms. The quantitative estimate of drug-likeness (QED) is 0.601. The molecule has 0 bridgehead atoms. The van der Waals surface area contributed by atoms with Crippen molar-refractivity contribution in [2.24, 2.45) is 0 Å². The topological polar surface area (TPSA) is 54.2 Å². The second-order valence-electron chi connectivity index (χ2n) is 2.04. The van der Waals surface area contributed by atoms with Crippen molar-refractivity contribution in [3.05, 3.63) is 23.3 Å². The van der Waals surface area contributed by atoms with Gasteiger partial charge < -0.3 is 4.55 Å². The molecule has 1 radical (unpaired) electrons. The molecule has 0 saturated heterocycles. The van der Waals surface area contributed by atoms with E-state index in [0.717, 1.165) is 12.3 Å². The fraction of sp³-hybridized carbons (Fsp3) is 0.167. The molecule has 3 nitrogen and oxygen atoms in total. The van der Waals surface area contributed by atoms with Crippen molar-refractivity contribution in [3.8, 4) is 0 Å². The third-order valence-electron chi connectivity index (χ3n) is 1.13. The maximum Gasteiger partial charge on any atom is 0.578 e. The van der Waals surface area contributed by atoms with E-state index in [0.29, 0.717) is 6.08 Å². The van der Waals surface area contributed by atoms with E-state index in [9.17, 15) is 22.5 Å². The van der Waals surface area contributed by atoms with E-state index in [1.807, 2.05) is 0 Å². The number of alkyl halides is 3. The van der Waals surface area contributed by atoms with Crippen LogP contribution in [0.5, 0.6) is 0 Å². The molecule has 1 rings (SSSR count). The molecule has 0 aromatic rings. The molecule has 1 atom stereocenters. The Morgan fingerprint density at radius 1 is 1.46 bits per heavy atom. The highest BCUT2D eigenvalue weighted by atomic mass is 32.2. The maximum absolute atomic E-state index is 11.8. The van der Waals surface area contributed by atoms with Crippen LogP contribution in [0.25, 0.3) is 0 Å². The second-order valence-corrected chi connectivity index (χ2v) is 3.52. The molecule has 13 heavy (non-hydrogen) atoms. The molecule has 0 saturated carbocycles. The number of allylic oxidation sites excluding steroid dienone is 1. The van der Waals surface area contributed by atoms with Crippen molar-refractivity contribution < 1.29 is 22.5 Å². The number of amides is 1. The lowest BCUT2D eigenvalue weighted by atomic mass is 10.4. The van der Waals surface area contributed by atoms with Crippen LogP contribution in [0.4, 0.5) is 13.2 Å². The molecule has 1 aliphatic heterocycles. The summed E-state index contributed by atoms with van der Waals surface area (Å²) < 4.78 is 46.2. The average molecular weight is 210 g/mol. The summed E-state index contributed by atoms with van der Waals surface area (Å²) in [7, 11) is 0. The number of halogens is 3. The minimum absolute atomic E-state index is 0.576. The number of carbonyl (C=O) groups is 1. The molecule has 0 aromatic carbocycles.